The van der Waals surface area contributed by atoms with E-state index < -0.39 is 5.82 Å². The maximum absolute atomic E-state index is 13.2. The number of hydrogen-bond donors (Lipinski definition) is 2. The number of likely N-dealkylation sites (tertiary alicyclic amines) is 1. The number of para-hydroxylation sites is 2. The van der Waals surface area contributed by atoms with E-state index in [1.165, 1.54) is 18.2 Å². The number of rotatable bonds is 5. The first-order valence-electron chi connectivity index (χ1n) is 9.29. The van der Waals surface area contributed by atoms with Gasteiger partial charge in [0.1, 0.15) is 11.6 Å². The molecule has 7 heteroatoms. The van der Waals surface area contributed by atoms with Gasteiger partial charge in [0.15, 0.2) is 0 Å². The predicted octanol–water partition coefficient (Wildman–Crippen LogP) is 3.51. The summed E-state index contributed by atoms with van der Waals surface area (Å²) in [6.07, 6.45) is 1.59. The molecule has 1 fully saturated rings. The summed E-state index contributed by atoms with van der Waals surface area (Å²) in [5.74, 6) is 0.191. The van der Waals surface area contributed by atoms with Gasteiger partial charge >= 0.3 is 6.03 Å². The molecule has 1 aliphatic heterocycles. The Hall–Kier alpha value is -3.09. The lowest BCUT2D eigenvalue weighted by Crippen LogP contribution is -2.43. The summed E-state index contributed by atoms with van der Waals surface area (Å²) in [6.45, 7) is 1.74. The van der Waals surface area contributed by atoms with E-state index in [1.807, 2.05) is 12.1 Å². The minimum absolute atomic E-state index is 0.160. The Kier molecular flexibility index (Phi) is 6.47. The van der Waals surface area contributed by atoms with Crippen molar-refractivity contribution in [3.05, 3.63) is 59.9 Å². The molecule has 2 aromatic rings. The molecule has 1 aliphatic rings. The standard InChI is InChI=1S/C21H24FN3O3/c1-28-19-8-3-2-7-18(19)24-21(27)25-11-9-15(10-12-25)14-23-20(26)16-5-4-6-17(22)13-16/h2-8,13,15H,9-12,14H2,1H3,(H,23,26)(H,24,27). The van der Waals surface area contributed by atoms with Crippen molar-refractivity contribution in [1.29, 1.82) is 0 Å². The van der Waals surface area contributed by atoms with Crippen molar-refractivity contribution in [2.24, 2.45) is 5.92 Å². The first-order chi connectivity index (χ1) is 13.6. The Balaban J connectivity index is 1.45. The summed E-state index contributed by atoms with van der Waals surface area (Å²) in [4.78, 5) is 26.4. The summed E-state index contributed by atoms with van der Waals surface area (Å²) >= 11 is 0. The maximum Gasteiger partial charge on any atom is 0.321 e. The smallest absolute Gasteiger partial charge is 0.321 e. The molecule has 0 saturated carbocycles. The van der Waals surface area contributed by atoms with Gasteiger partial charge in [0.2, 0.25) is 0 Å². The molecule has 0 atom stereocenters. The molecule has 0 aromatic heterocycles. The largest absolute Gasteiger partial charge is 0.495 e. The normalized spacial score (nSPS) is 14.4. The fourth-order valence-corrected chi connectivity index (χ4v) is 3.25. The van der Waals surface area contributed by atoms with Gasteiger partial charge in [-0.25, -0.2) is 9.18 Å². The number of anilines is 1. The van der Waals surface area contributed by atoms with E-state index in [-0.39, 0.29) is 17.9 Å². The van der Waals surface area contributed by atoms with Gasteiger partial charge in [-0.3, -0.25) is 4.79 Å². The number of hydrogen-bond acceptors (Lipinski definition) is 3. The van der Waals surface area contributed by atoms with Crippen molar-refractivity contribution in [2.75, 3.05) is 32.1 Å². The van der Waals surface area contributed by atoms with Gasteiger partial charge in [-0.2, -0.15) is 0 Å². The van der Waals surface area contributed by atoms with Crippen LogP contribution in [0.4, 0.5) is 14.9 Å². The number of nitrogens with one attached hydrogen (secondary N) is 2. The molecule has 1 saturated heterocycles. The Morgan fingerprint density at radius 3 is 2.61 bits per heavy atom. The summed E-state index contributed by atoms with van der Waals surface area (Å²) in [5.41, 5.74) is 0.952. The highest BCUT2D eigenvalue weighted by molar-refractivity contribution is 5.94. The van der Waals surface area contributed by atoms with E-state index >= 15 is 0 Å². The quantitative estimate of drug-likeness (QED) is 0.828. The predicted molar refractivity (Wildman–Crippen MR) is 105 cm³/mol. The van der Waals surface area contributed by atoms with Gasteiger partial charge in [-0.05, 0) is 49.1 Å². The molecule has 2 N–H and O–H groups in total. The zero-order valence-electron chi connectivity index (χ0n) is 15.8. The van der Waals surface area contributed by atoms with Gasteiger partial charge in [0.25, 0.3) is 5.91 Å². The molecule has 2 aromatic carbocycles. The number of halogens is 1. The fraction of sp³-hybridized carbons (Fsp3) is 0.333. The Morgan fingerprint density at radius 1 is 1.14 bits per heavy atom. The third-order valence-corrected chi connectivity index (χ3v) is 4.89. The number of nitrogens with zero attached hydrogens (tertiary/aromatic N) is 1. The second kappa shape index (κ2) is 9.21. The molecule has 1 heterocycles. The van der Waals surface area contributed by atoms with E-state index in [4.69, 9.17) is 4.74 Å². The van der Waals surface area contributed by atoms with Crippen LogP contribution in [0, 0.1) is 11.7 Å². The van der Waals surface area contributed by atoms with Gasteiger partial charge in [-0.1, -0.05) is 18.2 Å². The van der Waals surface area contributed by atoms with Crippen molar-refractivity contribution < 1.29 is 18.7 Å². The van der Waals surface area contributed by atoms with Crippen LogP contribution < -0.4 is 15.4 Å². The SMILES string of the molecule is COc1ccccc1NC(=O)N1CCC(CNC(=O)c2cccc(F)c2)CC1. The number of methoxy groups -OCH3 is 1. The third kappa shape index (κ3) is 5.00. The highest BCUT2D eigenvalue weighted by Gasteiger charge is 2.23. The van der Waals surface area contributed by atoms with E-state index in [2.05, 4.69) is 10.6 Å². The highest BCUT2D eigenvalue weighted by atomic mass is 19.1. The number of piperidine rings is 1. The minimum atomic E-state index is -0.429. The first-order valence-corrected chi connectivity index (χ1v) is 9.29. The summed E-state index contributed by atoms with van der Waals surface area (Å²) in [6, 6.07) is 12.7. The molecule has 0 unspecified atom stereocenters. The van der Waals surface area contributed by atoms with Crippen LogP contribution in [0.2, 0.25) is 0 Å². The first kappa shape index (κ1) is 19.7. The lowest BCUT2D eigenvalue weighted by atomic mass is 9.97. The van der Waals surface area contributed by atoms with Crippen molar-refractivity contribution in [3.63, 3.8) is 0 Å². The topological polar surface area (TPSA) is 70.7 Å². The molecule has 3 rings (SSSR count). The van der Waals surface area contributed by atoms with Gasteiger partial charge < -0.3 is 20.3 Å². The number of urea groups is 1. The Labute approximate surface area is 163 Å². The van der Waals surface area contributed by atoms with Crippen LogP contribution in [0.15, 0.2) is 48.5 Å². The second-order valence-corrected chi connectivity index (χ2v) is 6.78. The van der Waals surface area contributed by atoms with E-state index in [9.17, 15) is 14.0 Å². The van der Waals surface area contributed by atoms with Crippen LogP contribution in [0.3, 0.4) is 0 Å². The Morgan fingerprint density at radius 2 is 1.89 bits per heavy atom. The van der Waals surface area contributed by atoms with Crippen LogP contribution >= 0.6 is 0 Å². The molecule has 0 bridgehead atoms. The van der Waals surface area contributed by atoms with Crippen LogP contribution in [0.25, 0.3) is 0 Å². The summed E-state index contributed by atoms with van der Waals surface area (Å²) < 4.78 is 18.5. The second-order valence-electron chi connectivity index (χ2n) is 6.78. The van der Waals surface area contributed by atoms with Crippen LogP contribution in [0.1, 0.15) is 23.2 Å². The molecule has 3 amide bonds. The van der Waals surface area contributed by atoms with Crippen molar-refractivity contribution >= 4 is 17.6 Å². The van der Waals surface area contributed by atoms with E-state index in [0.29, 0.717) is 36.6 Å². The number of carbonyl (C=O) groups excluding carboxylic acids is 2. The number of ether oxygens (including phenoxy) is 1. The number of amides is 3. The number of carbonyl (C=O) groups is 2. The Bertz CT molecular complexity index is 835. The highest BCUT2D eigenvalue weighted by Crippen LogP contribution is 2.24. The van der Waals surface area contributed by atoms with Crippen molar-refractivity contribution in [1.82, 2.24) is 10.2 Å². The lowest BCUT2D eigenvalue weighted by Gasteiger charge is -2.32. The van der Waals surface area contributed by atoms with E-state index in [1.54, 1.807) is 30.2 Å². The van der Waals surface area contributed by atoms with Crippen molar-refractivity contribution in [3.8, 4) is 5.75 Å². The lowest BCUT2D eigenvalue weighted by molar-refractivity contribution is 0.0938. The molecular formula is C21H24FN3O3. The monoisotopic (exact) mass is 385 g/mol. The van der Waals surface area contributed by atoms with Crippen LogP contribution in [0.5, 0.6) is 5.75 Å². The van der Waals surface area contributed by atoms with Crippen LogP contribution in [-0.2, 0) is 0 Å². The molecule has 148 valence electrons. The average Bonchev–Trinajstić information content (AvgIpc) is 2.72. The average molecular weight is 385 g/mol. The molecule has 28 heavy (non-hydrogen) atoms. The third-order valence-electron chi connectivity index (χ3n) is 4.89. The molecule has 0 aliphatic carbocycles. The van der Waals surface area contributed by atoms with Gasteiger partial charge in [0, 0.05) is 25.2 Å². The van der Waals surface area contributed by atoms with Gasteiger partial charge in [-0.15, -0.1) is 0 Å². The summed E-state index contributed by atoms with van der Waals surface area (Å²) in [5, 5.41) is 5.73. The van der Waals surface area contributed by atoms with Crippen molar-refractivity contribution in [2.45, 2.75) is 12.8 Å². The number of benzene rings is 2. The molecule has 0 radical (unpaired) electrons. The zero-order valence-corrected chi connectivity index (χ0v) is 15.8. The molecule has 6 nitrogen and oxygen atoms in total. The van der Waals surface area contributed by atoms with Gasteiger partial charge in [0.05, 0.1) is 12.8 Å². The van der Waals surface area contributed by atoms with E-state index in [0.717, 1.165) is 12.8 Å². The molecular weight excluding hydrogens is 361 g/mol. The fourth-order valence-electron chi connectivity index (χ4n) is 3.25. The maximum atomic E-state index is 13.2. The minimum Gasteiger partial charge on any atom is -0.495 e. The molecule has 0 spiro atoms. The summed E-state index contributed by atoms with van der Waals surface area (Å²) in [7, 11) is 1.56. The van der Waals surface area contributed by atoms with Crippen LogP contribution in [-0.4, -0.2) is 43.6 Å². The zero-order chi connectivity index (χ0) is 19.9.